The van der Waals surface area contributed by atoms with Crippen molar-refractivity contribution >= 4 is 34.6 Å². The van der Waals surface area contributed by atoms with Gasteiger partial charge < -0.3 is 25.2 Å². The molecule has 0 spiro atoms. The topological polar surface area (TPSA) is 118 Å². The number of halogens is 3. The quantitative estimate of drug-likeness (QED) is 0.483. The SMILES string of the molecule is O=C1C[C@H](Nc2nc(N3CC(CC(=O)N4CCOCC4)C3)c3cnn(-c4cccc(C(F)(F)F)c4)c3n2)CN1. The van der Waals surface area contributed by atoms with Crippen LogP contribution in [0.5, 0.6) is 0 Å². The van der Waals surface area contributed by atoms with E-state index in [4.69, 9.17) is 9.72 Å². The molecule has 3 fully saturated rings. The zero-order valence-electron chi connectivity index (χ0n) is 20.9. The molecule has 14 heteroatoms. The van der Waals surface area contributed by atoms with Crippen molar-refractivity contribution in [1.29, 1.82) is 0 Å². The van der Waals surface area contributed by atoms with Gasteiger partial charge in [0, 0.05) is 51.5 Å². The highest BCUT2D eigenvalue weighted by Gasteiger charge is 2.34. The van der Waals surface area contributed by atoms with Crippen molar-refractivity contribution in [2.45, 2.75) is 25.1 Å². The summed E-state index contributed by atoms with van der Waals surface area (Å²) in [5.41, 5.74) is -0.236. The molecule has 0 saturated carbocycles. The molecule has 2 aromatic heterocycles. The summed E-state index contributed by atoms with van der Waals surface area (Å²) in [5.74, 6) is 0.998. The van der Waals surface area contributed by atoms with E-state index in [1.54, 1.807) is 6.20 Å². The summed E-state index contributed by atoms with van der Waals surface area (Å²) in [6.45, 7) is 3.91. The monoisotopic (exact) mass is 544 g/mol. The Labute approximate surface area is 221 Å². The molecule has 2 N–H and O–H groups in total. The average molecular weight is 545 g/mol. The zero-order valence-corrected chi connectivity index (χ0v) is 20.9. The number of hydrogen-bond acceptors (Lipinski definition) is 8. The predicted molar refractivity (Wildman–Crippen MR) is 134 cm³/mol. The first-order valence-corrected chi connectivity index (χ1v) is 12.8. The molecule has 3 saturated heterocycles. The number of nitrogens with one attached hydrogen (secondary N) is 2. The maximum Gasteiger partial charge on any atom is 0.416 e. The fourth-order valence-electron chi connectivity index (χ4n) is 5.15. The van der Waals surface area contributed by atoms with Crippen molar-refractivity contribution in [1.82, 2.24) is 30.0 Å². The summed E-state index contributed by atoms with van der Waals surface area (Å²) in [5, 5.41) is 10.9. The normalized spacial score (nSPS) is 20.3. The first-order valence-electron chi connectivity index (χ1n) is 12.8. The van der Waals surface area contributed by atoms with Crippen LogP contribution < -0.4 is 15.5 Å². The summed E-state index contributed by atoms with van der Waals surface area (Å²) in [4.78, 5) is 37.5. The molecule has 0 unspecified atom stereocenters. The van der Waals surface area contributed by atoms with Crippen LogP contribution in [0.15, 0.2) is 30.5 Å². The lowest BCUT2D eigenvalue weighted by molar-refractivity contribution is -0.138. The second-order valence-electron chi connectivity index (χ2n) is 10.0. The molecule has 5 heterocycles. The number of aromatic nitrogens is 4. The molecule has 6 rings (SSSR count). The molecule has 11 nitrogen and oxygen atoms in total. The number of morpholine rings is 1. The van der Waals surface area contributed by atoms with Crippen molar-refractivity contribution in [3.05, 3.63) is 36.0 Å². The minimum Gasteiger partial charge on any atom is -0.378 e. The van der Waals surface area contributed by atoms with Gasteiger partial charge in [-0.3, -0.25) is 9.59 Å². The number of carbonyl (C=O) groups excluding carboxylic acids is 2. The van der Waals surface area contributed by atoms with Crippen LogP contribution in [-0.4, -0.2) is 88.4 Å². The standard InChI is InChI=1S/C25H27F3N8O3/c26-25(27,28)16-2-1-3-18(9-16)36-23-19(12-30-36)22(32-24(33-23)31-17-10-20(37)29-11-17)35-13-15(14-35)8-21(38)34-4-6-39-7-5-34/h1-3,9,12,15,17H,4-8,10-11,13-14H2,(H,29,37)(H,31,32,33)/t17-/m0/s1. The number of anilines is 2. The van der Waals surface area contributed by atoms with E-state index < -0.39 is 11.7 Å². The van der Waals surface area contributed by atoms with Crippen molar-refractivity contribution in [3.63, 3.8) is 0 Å². The minimum atomic E-state index is -4.50. The van der Waals surface area contributed by atoms with E-state index in [2.05, 4.69) is 20.7 Å². The Hall–Kier alpha value is -3.94. The molecular weight excluding hydrogens is 517 g/mol. The van der Waals surface area contributed by atoms with Gasteiger partial charge in [0.15, 0.2) is 5.65 Å². The number of nitrogens with zero attached hydrogens (tertiary/aromatic N) is 6. The van der Waals surface area contributed by atoms with Crippen LogP contribution >= 0.6 is 0 Å². The van der Waals surface area contributed by atoms with Gasteiger partial charge in [-0.2, -0.15) is 28.2 Å². The summed E-state index contributed by atoms with van der Waals surface area (Å²) in [6.07, 6.45) is -2.27. The highest BCUT2D eigenvalue weighted by Crippen LogP contribution is 2.34. The van der Waals surface area contributed by atoms with Gasteiger partial charge >= 0.3 is 6.18 Å². The number of rotatable bonds is 6. The smallest absolute Gasteiger partial charge is 0.378 e. The van der Waals surface area contributed by atoms with Gasteiger partial charge in [-0.1, -0.05) is 6.07 Å². The molecule has 206 valence electrons. The number of benzene rings is 1. The van der Waals surface area contributed by atoms with Gasteiger partial charge in [0.1, 0.15) is 5.82 Å². The van der Waals surface area contributed by atoms with Gasteiger partial charge in [0.05, 0.1) is 42.1 Å². The van der Waals surface area contributed by atoms with Crippen molar-refractivity contribution in [2.75, 3.05) is 56.2 Å². The number of ether oxygens (including phenoxy) is 1. The minimum absolute atomic E-state index is 0.0849. The third-order valence-electron chi connectivity index (χ3n) is 7.22. The lowest BCUT2D eigenvalue weighted by Gasteiger charge is -2.41. The third-order valence-corrected chi connectivity index (χ3v) is 7.22. The Balaban J connectivity index is 1.28. The molecule has 1 atom stereocenters. The number of fused-ring (bicyclic) bond motifs is 1. The van der Waals surface area contributed by atoms with E-state index in [1.165, 1.54) is 16.8 Å². The van der Waals surface area contributed by atoms with Gasteiger partial charge in [0.25, 0.3) is 0 Å². The molecular formula is C25H27F3N8O3. The molecule has 2 amide bonds. The predicted octanol–water partition coefficient (Wildman–Crippen LogP) is 1.82. The number of alkyl halides is 3. The molecule has 0 bridgehead atoms. The van der Waals surface area contributed by atoms with Gasteiger partial charge in [-0.25, -0.2) is 4.68 Å². The highest BCUT2D eigenvalue weighted by atomic mass is 19.4. The van der Waals surface area contributed by atoms with E-state index >= 15 is 0 Å². The second-order valence-corrected chi connectivity index (χ2v) is 10.0. The molecule has 3 aromatic rings. The van der Waals surface area contributed by atoms with Gasteiger partial charge in [-0.05, 0) is 18.2 Å². The van der Waals surface area contributed by atoms with Crippen LogP contribution in [0, 0.1) is 5.92 Å². The van der Waals surface area contributed by atoms with Gasteiger partial charge in [-0.15, -0.1) is 0 Å². The Morgan fingerprint density at radius 3 is 2.69 bits per heavy atom. The lowest BCUT2D eigenvalue weighted by atomic mass is 9.95. The lowest BCUT2D eigenvalue weighted by Crippen LogP contribution is -2.50. The highest BCUT2D eigenvalue weighted by molar-refractivity contribution is 5.90. The Bertz CT molecular complexity index is 1400. The zero-order chi connectivity index (χ0) is 27.1. The molecule has 39 heavy (non-hydrogen) atoms. The van der Waals surface area contributed by atoms with Crippen molar-refractivity contribution in [3.8, 4) is 5.69 Å². The van der Waals surface area contributed by atoms with Crippen LogP contribution in [-0.2, 0) is 20.5 Å². The number of amides is 2. The van der Waals surface area contributed by atoms with Crippen molar-refractivity contribution in [2.24, 2.45) is 5.92 Å². The molecule has 0 radical (unpaired) electrons. The second kappa shape index (κ2) is 9.98. The van der Waals surface area contributed by atoms with Crippen LogP contribution in [0.1, 0.15) is 18.4 Å². The van der Waals surface area contributed by atoms with Crippen LogP contribution in [0.25, 0.3) is 16.7 Å². The van der Waals surface area contributed by atoms with Crippen LogP contribution in [0.3, 0.4) is 0 Å². The fourth-order valence-corrected chi connectivity index (χ4v) is 5.15. The van der Waals surface area contributed by atoms with E-state index in [-0.39, 0.29) is 41.8 Å². The van der Waals surface area contributed by atoms with Crippen LogP contribution in [0.2, 0.25) is 0 Å². The third kappa shape index (κ3) is 5.20. The van der Waals surface area contributed by atoms with E-state index in [9.17, 15) is 22.8 Å². The number of carbonyl (C=O) groups is 2. The first-order chi connectivity index (χ1) is 18.7. The maximum atomic E-state index is 13.4. The number of hydrogen-bond donors (Lipinski definition) is 2. The van der Waals surface area contributed by atoms with E-state index in [0.717, 1.165) is 12.1 Å². The van der Waals surface area contributed by atoms with E-state index in [0.29, 0.717) is 69.2 Å². The Morgan fingerprint density at radius 1 is 1.18 bits per heavy atom. The maximum absolute atomic E-state index is 13.4. The average Bonchev–Trinajstić information content (AvgIpc) is 3.51. The summed E-state index contributed by atoms with van der Waals surface area (Å²) < 4.78 is 46.8. The Kier molecular flexibility index (Phi) is 6.49. The summed E-state index contributed by atoms with van der Waals surface area (Å²) >= 11 is 0. The first kappa shape index (κ1) is 25.3. The molecule has 1 aromatic carbocycles. The molecule has 3 aliphatic rings. The summed E-state index contributed by atoms with van der Waals surface area (Å²) in [7, 11) is 0. The van der Waals surface area contributed by atoms with Crippen LogP contribution in [0.4, 0.5) is 24.9 Å². The van der Waals surface area contributed by atoms with Crippen molar-refractivity contribution < 1.29 is 27.5 Å². The molecule has 3 aliphatic heterocycles. The van der Waals surface area contributed by atoms with Gasteiger partial charge in [0.2, 0.25) is 17.8 Å². The molecule has 0 aliphatic carbocycles. The fraction of sp³-hybridized carbons (Fsp3) is 0.480. The van der Waals surface area contributed by atoms with E-state index in [1.807, 2.05) is 9.80 Å². The summed E-state index contributed by atoms with van der Waals surface area (Å²) in [6, 6.07) is 4.67. The Morgan fingerprint density at radius 2 is 1.97 bits per heavy atom. The largest absolute Gasteiger partial charge is 0.416 e.